The summed E-state index contributed by atoms with van der Waals surface area (Å²) >= 11 is 1.37. The molecule has 0 radical (unpaired) electrons. The van der Waals surface area contributed by atoms with Gasteiger partial charge in [0.15, 0.2) is 0 Å². The van der Waals surface area contributed by atoms with Gasteiger partial charge in [0.25, 0.3) is 0 Å². The van der Waals surface area contributed by atoms with Gasteiger partial charge in [0.2, 0.25) is 5.91 Å². The van der Waals surface area contributed by atoms with Crippen LogP contribution in [0.15, 0.2) is 72.4 Å². The zero-order chi connectivity index (χ0) is 29.8. The van der Waals surface area contributed by atoms with Crippen molar-refractivity contribution in [1.29, 1.82) is 0 Å². The molecule has 0 spiro atoms. The second-order valence-electron chi connectivity index (χ2n) is 10.2. The Labute approximate surface area is 244 Å². The van der Waals surface area contributed by atoms with Crippen LogP contribution in [0.2, 0.25) is 0 Å². The molecule has 4 amide bonds. The van der Waals surface area contributed by atoms with Gasteiger partial charge in [-0.15, -0.1) is 11.3 Å². The average Bonchev–Trinajstić information content (AvgIpc) is 3.48. The zero-order valence-corrected chi connectivity index (χ0v) is 24.4. The Bertz CT molecular complexity index is 1230. The Morgan fingerprint density at radius 2 is 1.63 bits per heavy atom. The van der Waals surface area contributed by atoms with Crippen LogP contribution in [0.3, 0.4) is 0 Å². The van der Waals surface area contributed by atoms with Crippen molar-refractivity contribution in [3.05, 3.63) is 88.4 Å². The number of aliphatic hydroxyl groups is 1. The van der Waals surface area contributed by atoms with E-state index in [1.807, 2.05) is 74.5 Å². The third kappa shape index (κ3) is 9.58. The van der Waals surface area contributed by atoms with Gasteiger partial charge in [0.1, 0.15) is 12.6 Å². The maximum atomic E-state index is 13.2. The number of amides is 4. The fourth-order valence-electron chi connectivity index (χ4n) is 4.85. The molecule has 0 aliphatic rings. The van der Waals surface area contributed by atoms with E-state index in [2.05, 4.69) is 15.6 Å². The average molecular weight is 582 g/mol. The van der Waals surface area contributed by atoms with Gasteiger partial charge in [-0.05, 0) is 36.3 Å². The maximum Gasteiger partial charge on any atom is 0.407 e. The highest BCUT2D eigenvalue weighted by molar-refractivity contribution is 7.09. The first kappa shape index (κ1) is 31.6. The Kier molecular flexibility index (Phi) is 12.1. The highest BCUT2D eigenvalue weighted by Crippen LogP contribution is 2.23. The largest absolute Gasteiger partial charge is 0.444 e. The summed E-state index contributed by atoms with van der Waals surface area (Å²) in [6.45, 7) is 3.70. The number of carbonyl (C=O) groups excluding carboxylic acids is 3. The van der Waals surface area contributed by atoms with Crippen molar-refractivity contribution in [1.82, 2.24) is 20.5 Å². The fraction of sp³-hybridized carbons (Fsp3) is 0.400. The standard InChI is InChI=1S/C30H39N5O5S/c1-20(2)27(28(31)37)35(29(38)32-3)23(14-21-10-6-4-7-11-21)16-26(36)25(15-22-12-8-5-9-13-22)34-30(39)40-18-24-17-33-19-41-24/h4-13,17,19-20,23,25-27,36H,14-16,18H2,1-3H3,(H2,31,37)(H,32,38)(H,34,39)/t23-,25-,26-,27?/m0/s1. The van der Waals surface area contributed by atoms with Crippen molar-refractivity contribution in [2.24, 2.45) is 11.7 Å². The van der Waals surface area contributed by atoms with Crippen LogP contribution >= 0.6 is 11.3 Å². The van der Waals surface area contributed by atoms with Crippen molar-refractivity contribution in [3.63, 3.8) is 0 Å². The van der Waals surface area contributed by atoms with Crippen LogP contribution < -0.4 is 16.4 Å². The zero-order valence-electron chi connectivity index (χ0n) is 23.6. The number of nitrogens with two attached hydrogens (primary N) is 1. The van der Waals surface area contributed by atoms with E-state index in [1.165, 1.54) is 23.3 Å². The molecule has 5 N–H and O–H groups in total. The summed E-state index contributed by atoms with van der Waals surface area (Å²) in [5, 5.41) is 17.1. The summed E-state index contributed by atoms with van der Waals surface area (Å²) in [6, 6.07) is 16.2. The van der Waals surface area contributed by atoms with Gasteiger partial charge in [-0.1, -0.05) is 74.5 Å². The number of rotatable bonds is 14. The van der Waals surface area contributed by atoms with Crippen LogP contribution in [-0.2, 0) is 29.0 Å². The van der Waals surface area contributed by atoms with Gasteiger partial charge in [0.05, 0.1) is 22.5 Å². The summed E-state index contributed by atoms with van der Waals surface area (Å²) in [7, 11) is 1.49. The lowest BCUT2D eigenvalue weighted by Crippen LogP contribution is -2.59. The number of nitrogens with zero attached hydrogens (tertiary/aromatic N) is 2. The lowest BCUT2D eigenvalue weighted by molar-refractivity contribution is -0.124. The molecule has 0 aliphatic heterocycles. The third-order valence-electron chi connectivity index (χ3n) is 6.79. The lowest BCUT2D eigenvalue weighted by Gasteiger charge is -2.40. The first-order valence-corrected chi connectivity index (χ1v) is 14.4. The van der Waals surface area contributed by atoms with E-state index in [1.54, 1.807) is 11.7 Å². The number of thiazole rings is 1. The SMILES string of the molecule is CNC(=O)N(C(C(N)=O)C(C)C)[C@@H](Cc1ccccc1)C[C@H](O)[C@H](Cc1ccccc1)NC(=O)OCc1cncs1. The number of aliphatic hydroxyl groups excluding tert-OH is 1. The Morgan fingerprint density at radius 3 is 2.15 bits per heavy atom. The molecule has 0 aliphatic carbocycles. The highest BCUT2D eigenvalue weighted by Gasteiger charge is 2.38. The number of hydrogen-bond donors (Lipinski definition) is 4. The molecule has 0 bridgehead atoms. The molecule has 1 unspecified atom stereocenters. The molecule has 0 saturated heterocycles. The summed E-state index contributed by atoms with van der Waals surface area (Å²) in [5.41, 5.74) is 9.27. The molecule has 11 heteroatoms. The summed E-state index contributed by atoms with van der Waals surface area (Å²) in [4.78, 5) is 44.8. The lowest BCUT2D eigenvalue weighted by atomic mass is 9.90. The number of benzene rings is 2. The second kappa shape index (κ2) is 15.7. The molecule has 4 atom stereocenters. The van der Waals surface area contributed by atoms with Crippen LogP contribution in [0.5, 0.6) is 0 Å². The summed E-state index contributed by atoms with van der Waals surface area (Å²) in [5.74, 6) is -0.915. The van der Waals surface area contributed by atoms with E-state index < -0.39 is 42.3 Å². The molecule has 41 heavy (non-hydrogen) atoms. The molecule has 220 valence electrons. The second-order valence-corrected chi connectivity index (χ2v) is 11.2. The number of urea groups is 1. The molecule has 2 aromatic carbocycles. The van der Waals surface area contributed by atoms with Crippen molar-refractivity contribution >= 4 is 29.4 Å². The monoisotopic (exact) mass is 581 g/mol. The Hall–Kier alpha value is -3.96. The van der Waals surface area contributed by atoms with Gasteiger partial charge >= 0.3 is 12.1 Å². The number of aromatic nitrogens is 1. The van der Waals surface area contributed by atoms with E-state index in [0.29, 0.717) is 12.8 Å². The van der Waals surface area contributed by atoms with Crippen molar-refractivity contribution in [2.45, 2.75) is 63.9 Å². The number of primary amides is 1. The molecule has 3 aromatic rings. The van der Waals surface area contributed by atoms with Crippen LogP contribution in [0.4, 0.5) is 9.59 Å². The summed E-state index contributed by atoms with van der Waals surface area (Å²) < 4.78 is 5.38. The van der Waals surface area contributed by atoms with Crippen molar-refractivity contribution in [3.8, 4) is 0 Å². The van der Waals surface area contributed by atoms with Crippen LogP contribution in [-0.4, -0.2) is 64.3 Å². The quantitative estimate of drug-likeness (QED) is 0.229. The molecular formula is C30H39N5O5S. The van der Waals surface area contributed by atoms with E-state index >= 15 is 0 Å². The number of alkyl carbamates (subject to hydrolysis) is 1. The minimum atomic E-state index is -1.10. The predicted octanol–water partition coefficient (Wildman–Crippen LogP) is 3.49. The van der Waals surface area contributed by atoms with Gasteiger partial charge in [-0.3, -0.25) is 9.78 Å². The van der Waals surface area contributed by atoms with Crippen LogP contribution in [0.25, 0.3) is 0 Å². The number of carbonyl (C=O) groups is 3. The van der Waals surface area contributed by atoms with Gasteiger partial charge < -0.3 is 31.1 Å². The Morgan fingerprint density at radius 1 is 1.02 bits per heavy atom. The minimum Gasteiger partial charge on any atom is -0.444 e. The molecule has 10 nitrogen and oxygen atoms in total. The molecule has 0 fully saturated rings. The third-order valence-corrected chi connectivity index (χ3v) is 7.54. The normalized spacial score (nSPS) is 14.0. The van der Waals surface area contributed by atoms with Gasteiger partial charge in [-0.2, -0.15) is 0 Å². The number of nitrogens with one attached hydrogen (secondary N) is 2. The number of ether oxygens (including phenoxy) is 1. The first-order chi connectivity index (χ1) is 19.7. The minimum absolute atomic E-state index is 0.0560. The van der Waals surface area contributed by atoms with E-state index in [9.17, 15) is 19.5 Å². The first-order valence-electron chi connectivity index (χ1n) is 13.6. The van der Waals surface area contributed by atoms with Gasteiger partial charge in [0, 0.05) is 19.3 Å². The predicted molar refractivity (Wildman–Crippen MR) is 158 cm³/mol. The van der Waals surface area contributed by atoms with Crippen molar-refractivity contribution < 1.29 is 24.2 Å². The van der Waals surface area contributed by atoms with E-state index in [0.717, 1.165) is 16.0 Å². The summed E-state index contributed by atoms with van der Waals surface area (Å²) in [6.07, 6.45) is 0.575. The van der Waals surface area contributed by atoms with Crippen molar-refractivity contribution in [2.75, 3.05) is 7.05 Å². The Balaban J connectivity index is 1.91. The molecule has 1 heterocycles. The van der Waals surface area contributed by atoms with Gasteiger partial charge in [-0.25, -0.2) is 9.59 Å². The highest BCUT2D eigenvalue weighted by atomic mass is 32.1. The van der Waals surface area contributed by atoms with E-state index in [-0.39, 0.29) is 18.9 Å². The molecule has 3 rings (SSSR count). The molecular weight excluding hydrogens is 542 g/mol. The number of hydrogen-bond acceptors (Lipinski definition) is 7. The molecule has 0 saturated carbocycles. The topological polar surface area (TPSA) is 147 Å². The molecule has 1 aromatic heterocycles. The van der Waals surface area contributed by atoms with E-state index in [4.69, 9.17) is 10.5 Å². The maximum absolute atomic E-state index is 13.2. The van der Waals surface area contributed by atoms with Crippen LogP contribution in [0.1, 0.15) is 36.3 Å². The fourth-order valence-corrected chi connectivity index (χ4v) is 5.36. The smallest absolute Gasteiger partial charge is 0.407 e. The van der Waals surface area contributed by atoms with Crippen LogP contribution in [0, 0.1) is 5.92 Å².